The molecule has 0 unspecified atom stereocenters. The molecule has 5 rings (SSSR count). The van der Waals surface area contributed by atoms with Gasteiger partial charge in [0, 0.05) is 36.7 Å². The van der Waals surface area contributed by atoms with Crippen LogP contribution in [0.3, 0.4) is 0 Å². The highest BCUT2D eigenvalue weighted by Gasteiger charge is 2.60. The average Bonchev–Trinajstić information content (AvgIpc) is 3.38. The molecule has 0 amide bonds. The topological polar surface area (TPSA) is 29.0 Å². The second kappa shape index (κ2) is 8.32. The van der Waals surface area contributed by atoms with E-state index in [-0.39, 0.29) is 5.41 Å². The number of rotatable bonds is 7. The lowest BCUT2D eigenvalue weighted by molar-refractivity contribution is -0.137. The van der Waals surface area contributed by atoms with Gasteiger partial charge in [-0.05, 0) is 55.5 Å². The number of benzene rings is 2. The van der Waals surface area contributed by atoms with Gasteiger partial charge in [0.25, 0.3) is 0 Å². The van der Waals surface area contributed by atoms with Gasteiger partial charge >= 0.3 is 6.18 Å². The van der Waals surface area contributed by atoms with Crippen molar-refractivity contribution in [2.45, 2.75) is 37.3 Å². The number of halogens is 3. The minimum absolute atomic E-state index is 0.0667. The van der Waals surface area contributed by atoms with Crippen LogP contribution < -0.4 is 0 Å². The highest BCUT2D eigenvalue weighted by molar-refractivity contribution is 5.58. The fraction of sp³-hybridized carbons (Fsp3) is 0.385. The van der Waals surface area contributed by atoms with Crippen molar-refractivity contribution in [3.63, 3.8) is 0 Å². The van der Waals surface area contributed by atoms with Crippen molar-refractivity contribution in [2.24, 2.45) is 5.92 Å². The van der Waals surface area contributed by atoms with E-state index in [1.54, 1.807) is 12.1 Å². The number of aromatic nitrogens is 2. The summed E-state index contributed by atoms with van der Waals surface area (Å²) in [5.74, 6) is 1.45. The molecule has 1 saturated heterocycles. The first-order valence-corrected chi connectivity index (χ1v) is 11.2. The smallest absolute Gasteiger partial charge is 0.302 e. The number of nitrogens with zero attached hydrogens (tertiary/aromatic N) is 3. The highest BCUT2D eigenvalue weighted by atomic mass is 19.4. The summed E-state index contributed by atoms with van der Waals surface area (Å²) in [6.45, 7) is 3.00. The van der Waals surface area contributed by atoms with Crippen molar-refractivity contribution in [2.75, 3.05) is 19.6 Å². The van der Waals surface area contributed by atoms with E-state index in [0.29, 0.717) is 5.92 Å². The molecule has 1 aliphatic carbocycles. The minimum atomic E-state index is -4.27. The molecule has 1 aromatic heterocycles. The summed E-state index contributed by atoms with van der Waals surface area (Å²) >= 11 is 0. The molecular weight excluding hydrogens is 411 g/mol. The van der Waals surface area contributed by atoms with E-state index < -0.39 is 11.7 Å². The molecule has 1 aliphatic heterocycles. The fourth-order valence-corrected chi connectivity index (χ4v) is 5.10. The lowest BCUT2D eigenvalue weighted by Gasteiger charge is -2.21. The number of alkyl halides is 3. The Balaban J connectivity index is 1.12. The summed E-state index contributed by atoms with van der Waals surface area (Å²) in [4.78, 5) is 11.6. The van der Waals surface area contributed by atoms with Crippen LogP contribution in [-0.4, -0.2) is 34.5 Å². The first-order valence-electron chi connectivity index (χ1n) is 11.2. The van der Waals surface area contributed by atoms with E-state index >= 15 is 0 Å². The second-order valence-corrected chi connectivity index (χ2v) is 9.05. The number of aryl methyl sites for hydroxylation is 1. The number of fused-ring (bicyclic) bond motifs is 1. The number of hydrogen-bond donors (Lipinski definition) is 0. The standard InChI is InChI=1S/C26H26F3N3/c27-26(28,29)21-11-9-20(10-12-21)25-16-22(25)17-32(18-25)15-5-4-8-24-30-14-13-23(31-24)19-6-2-1-3-7-19/h1-3,6-7,9-14,22H,4-5,8,15-18H2/t22-,25+/m0/s1. The second-order valence-electron chi connectivity index (χ2n) is 9.05. The van der Waals surface area contributed by atoms with E-state index in [0.717, 1.165) is 68.0 Å². The van der Waals surface area contributed by atoms with Crippen molar-refractivity contribution in [1.29, 1.82) is 0 Å². The van der Waals surface area contributed by atoms with Crippen molar-refractivity contribution >= 4 is 0 Å². The molecule has 6 heteroatoms. The van der Waals surface area contributed by atoms with Gasteiger partial charge in [-0.3, -0.25) is 0 Å². The number of hydrogen-bond acceptors (Lipinski definition) is 3. The van der Waals surface area contributed by atoms with Gasteiger partial charge in [0.1, 0.15) is 5.82 Å². The maximum Gasteiger partial charge on any atom is 0.416 e. The van der Waals surface area contributed by atoms with Crippen LogP contribution in [0.25, 0.3) is 11.3 Å². The first-order chi connectivity index (χ1) is 15.4. The van der Waals surface area contributed by atoms with Crippen molar-refractivity contribution in [1.82, 2.24) is 14.9 Å². The van der Waals surface area contributed by atoms with Crippen molar-refractivity contribution in [3.05, 3.63) is 83.8 Å². The number of likely N-dealkylation sites (tertiary alicyclic amines) is 1. The number of unbranched alkanes of at least 4 members (excludes halogenated alkanes) is 1. The lowest BCUT2D eigenvalue weighted by atomic mass is 9.94. The van der Waals surface area contributed by atoms with Gasteiger partial charge in [-0.1, -0.05) is 42.5 Å². The zero-order valence-corrected chi connectivity index (χ0v) is 17.9. The Hall–Kier alpha value is -2.73. The van der Waals surface area contributed by atoms with Crippen molar-refractivity contribution < 1.29 is 13.2 Å². The fourth-order valence-electron chi connectivity index (χ4n) is 5.10. The third-order valence-corrected chi connectivity index (χ3v) is 6.90. The Morgan fingerprint density at radius 3 is 2.50 bits per heavy atom. The number of piperidine rings is 1. The van der Waals surface area contributed by atoms with Gasteiger partial charge in [0.2, 0.25) is 0 Å². The summed E-state index contributed by atoms with van der Waals surface area (Å²) in [7, 11) is 0. The molecule has 0 bridgehead atoms. The zero-order chi connectivity index (χ0) is 22.2. The molecular formula is C26H26F3N3. The van der Waals surface area contributed by atoms with Gasteiger partial charge in [-0.2, -0.15) is 13.2 Å². The molecule has 2 aromatic carbocycles. The summed E-state index contributed by atoms with van der Waals surface area (Å²) in [5.41, 5.74) is 2.61. The summed E-state index contributed by atoms with van der Waals surface area (Å²) < 4.78 is 38.6. The van der Waals surface area contributed by atoms with E-state index in [1.165, 1.54) is 12.1 Å². The molecule has 2 fully saturated rings. The molecule has 3 nitrogen and oxygen atoms in total. The molecule has 3 aromatic rings. The van der Waals surface area contributed by atoms with E-state index in [1.807, 2.05) is 30.5 Å². The maximum atomic E-state index is 12.9. The summed E-state index contributed by atoms with van der Waals surface area (Å²) in [5, 5.41) is 0. The van der Waals surface area contributed by atoms with Crippen LogP contribution in [0.1, 0.15) is 36.2 Å². The largest absolute Gasteiger partial charge is 0.416 e. The molecule has 32 heavy (non-hydrogen) atoms. The molecule has 2 heterocycles. The van der Waals surface area contributed by atoms with Gasteiger partial charge in [-0.25, -0.2) is 9.97 Å². The van der Waals surface area contributed by atoms with Crippen LogP contribution in [-0.2, 0) is 18.0 Å². The molecule has 2 atom stereocenters. The monoisotopic (exact) mass is 437 g/mol. The Bertz CT molecular complexity index is 1070. The van der Waals surface area contributed by atoms with Crippen molar-refractivity contribution in [3.8, 4) is 11.3 Å². The van der Waals surface area contributed by atoms with Gasteiger partial charge in [0.05, 0.1) is 11.3 Å². The third kappa shape index (κ3) is 4.29. The quantitative estimate of drug-likeness (QED) is 0.440. The van der Waals surface area contributed by atoms with Crippen LogP contribution in [0.15, 0.2) is 66.9 Å². The van der Waals surface area contributed by atoms with Crippen LogP contribution >= 0.6 is 0 Å². The van der Waals surface area contributed by atoms with Crippen LogP contribution in [0.2, 0.25) is 0 Å². The first kappa shape index (κ1) is 21.1. The Kier molecular flexibility index (Phi) is 5.49. The Morgan fingerprint density at radius 2 is 1.75 bits per heavy atom. The maximum absolute atomic E-state index is 12.9. The van der Waals surface area contributed by atoms with Crippen LogP contribution in [0, 0.1) is 5.92 Å². The van der Waals surface area contributed by atoms with E-state index in [2.05, 4.69) is 22.0 Å². The van der Waals surface area contributed by atoms with Crippen LogP contribution in [0.5, 0.6) is 0 Å². The normalized spacial score (nSPS) is 22.7. The Morgan fingerprint density at radius 1 is 0.969 bits per heavy atom. The van der Waals surface area contributed by atoms with E-state index in [4.69, 9.17) is 4.98 Å². The summed E-state index contributed by atoms with van der Waals surface area (Å²) in [6, 6.07) is 17.9. The highest BCUT2D eigenvalue weighted by Crippen LogP contribution is 2.59. The molecule has 1 saturated carbocycles. The molecule has 0 spiro atoms. The molecule has 0 N–H and O–H groups in total. The average molecular weight is 438 g/mol. The predicted molar refractivity (Wildman–Crippen MR) is 118 cm³/mol. The molecule has 2 aliphatic rings. The van der Waals surface area contributed by atoms with Gasteiger partial charge in [0.15, 0.2) is 0 Å². The Labute approximate surface area is 186 Å². The van der Waals surface area contributed by atoms with Gasteiger partial charge in [-0.15, -0.1) is 0 Å². The minimum Gasteiger partial charge on any atom is -0.302 e. The zero-order valence-electron chi connectivity index (χ0n) is 17.9. The van der Waals surface area contributed by atoms with Gasteiger partial charge < -0.3 is 4.90 Å². The molecule has 0 radical (unpaired) electrons. The third-order valence-electron chi connectivity index (χ3n) is 6.90. The van der Waals surface area contributed by atoms with E-state index in [9.17, 15) is 13.2 Å². The lowest BCUT2D eigenvalue weighted by Crippen LogP contribution is -2.27. The SMILES string of the molecule is FC(F)(F)c1ccc([C@]23C[C@H]2CN(CCCCc2nccc(-c4ccccc4)n2)C3)cc1. The summed E-state index contributed by atoms with van der Waals surface area (Å²) in [6.07, 6.45) is 1.58. The predicted octanol–water partition coefficient (Wildman–Crippen LogP) is 5.76. The van der Waals surface area contributed by atoms with Crippen LogP contribution in [0.4, 0.5) is 13.2 Å². The molecule has 166 valence electrons.